The average molecular weight is 333 g/mol. The molecule has 0 aliphatic rings. The van der Waals surface area contributed by atoms with Crippen molar-refractivity contribution in [2.24, 2.45) is 5.92 Å². The summed E-state index contributed by atoms with van der Waals surface area (Å²) in [5.41, 5.74) is 0. The van der Waals surface area contributed by atoms with E-state index in [4.69, 9.17) is 4.74 Å². The Morgan fingerprint density at radius 2 is 2.09 bits per heavy atom. The third-order valence-corrected chi connectivity index (χ3v) is 4.07. The van der Waals surface area contributed by atoms with Gasteiger partial charge in [-0.1, -0.05) is 19.9 Å². The monoisotopic (exact) mass is 333 g/mol. The van der Waals surface area contributed by atoms with Crippen molar-refractivity contribution in [3.63, 3.8) is 0 Å². The highest BCUT2D eigenvalue weighted by molar-refractivity contribution is 7.12. The molecule has 2 aromatic heterocycles. The lowest BCUT2D eigenvalue weighted by atomic mass is 10.0. The lowest BCUT2D eigenvalue weighted by Crippen LogP contribution is -2.47. The van der Waals surface area contributed by atoms with Crippen LogP contribution in [-0.4, -0.2) is 29.9 Å². The normalized spacial score (nSPS) is 11.8. The predicted octanol–water partition coefficient (Wildman–Crippen LogP) is 2.54. The van der Waals surface area contributed by atoms with E-state index in [0.29, 0.717) is 16.4 Å². The molecule has 2 N–H and O–H groups in total. The maximum absolute atomic E-state index is 12.5. The van der Waals surface area contributed by atoms with E-state index in [1.54, 1.807) is 37.6 Å². The summed E-state index contributed by atoms with van der Waals surface area (Å²) >= 11 is 1.33. The van der Waals surface area contributed by atoms with E-state index in [1.807, 2.05) is 19.2 Å². The second-order valence-electron chi connectivity index (χ2n) is 5.24. The van der Waals surface area contributed by atoms with E-state index in [-0.39, 0.29) is 17.7 Å². The number of methoxy groups -OCH3 is 1. The fourth-order valence-electron chi connectivity index (χ4n) is 1.97. The molecule has 2 rings (SSSR count). The summed E-state index contributed by atoms with van der Waals surface area (Å²) in [6, 6.07) is 6.17. The van der Waals surface area contributed by atoms with Gasteiger partial charge in [-0.15, -0.1) is 11.3 Å². The largest absolute Gasteiger partial charge is 0.497 e. The first kappa shape index (κ1) is 17.0. The second-order valence-corrected chi connectivity index (χ2v) is 6.19. The van der Waals surface area contributed by atoms with Crippen LogP contribution in [0.15, 0.2) is 35.8 Å². The first-order chi connectivity index (χ1) is 11.0. The molecule has 0 saturated heterocycles. The summed E-state index contributed by atoms with van der Waals surface area (Å²) in [7, 11) is 1.54. The van der Waals surface area contributed by atoms with Crippen molar-refractivity contribution in [2.75, 3.05) is 12.4 Å². The zero-order chi connectivity index (χ0) is 16.8. The Morgan fingerprint density at radius 3 is 2.70 bits per heavy atom. The second kappa shape index (κ2) is 7.73. The van der Waals surface area contributed by atoms with E-state index >= 15 is 0 Å². The molecule has 0 spiro atoms. The average Bonchev–Trinajstić information content (AvgIpc) is 3.06. The molecule has 0 aliphatic heterocycles. The third-order valence-electron chi connectivity index (χ3n) is 3.20. The number of ether oxygens (including phenoxy) is 1. The number of aromatic nitrogens is 1. The topological polar surface area (TPSA) is 80.3 Å². The number of anilines is 1. The number of carbonyl (C=O) groups is 2. The first-order valence-electron chi connectivity index (χ1n) is 7.16. The Balaban J connectivity index is 2.07. The summed E-state index contributed by atoms with van der Waals surface area (Å²) in [6.07, 6.45) is 1.54. The lowest BCUT2D eigenvalue weighted by molar-refractivity contribution is -0.118. The molecule has 2 aromatic rings. The van der Waals surface area contributed by atoms with Crippen LogP contribution in [0.2, 0.25) is 0 Å². The molecule has 0 aliphatic carbocycles. The Labute approximate surface area is 138 Å². The number of pyridine rings is 1. The van der Waals surface area contributed by atoms with Crippen LogP contribution in [0.1, 0.15) is 23.5 Å². The van der Waals surface area contributed by atoms with Crippen LogP contribution >= 0.6 is 11.3 Å². The van der Waals surface area contributed by atoms with Crippen LogP contribution in [0.25, 0.3) is 0 Å². The van der Waals surface area contributed by atoms with Gasteiger partial charge in [0.15, 0.2) is 0 Å². The van der Waals surface area contributed by atoms with Gasteiger partial charge in [0.05, 0.1) is 12.0 Å². The van der Waals surface area contributed by atoms with Crippen molar-refractivity contribution in [1.82, 2.24) is 10.3 Å². The standard InChI is InChI=1S/C16H19N3O3S/c1-10(2)14(19-15(20)12-5-4-8-23-12)16(21)18-13-9-11(22-3)6-7-17-13/h4-10,14H,1-3H3,(H,19,20)(H,17,18,21)/t14-/m0/s1. The summed E-state index contributed by atoms with van der Waals surface area (Å²) in [6.45, 7) is 3.75. The highest BCUT2D eigenvalue weighted by Gasteiger charge is 2.25. The van der Waals surface area contributed by atoms with E-state index < -0.39 is 6.04 Å². The summed E-state index contributed by atoms with van der Waals surface area (Å²) in [5.74, 6) is 0.340. The Hall–Kier alpha value is -2.41. The van der Waals surface area contributed by atoms with Crippen LogP contribution in [0.4, 0.5) is 5.82 Å². The summed E-state index contributed by atoms with van der Waals surface area (Å²) in [5, 5.41) is 7.29. The minimum absolute atomic E-state index is 0.0653. The quantitative estimate of drug-likeness (QED) is 0.851. The molecule has 1 atom stereocenters. The van der Waals surface area contributed by atoms with Crippen molar-refractivity contribution in [3.05, 3.63) is 40.7 Å². The smallest absolute Gasteiger partial charge is 0.262 e. The molecule has 23 heavy (non-hydrogen) atoms. The van der Waals surface area contributed by atoms with E-state index in [1.165, 1.54) is 11.3 Å². The molecule has 122 valence electrons. The van der Waals surface area contributed by atoms with Crippen LogP contribution in [0.5, 0.6) is 5.75 Å². The molecule has 0 aromatic carbocycles. The minimum atomic E-state index is -0.655. The first-order valence-corrected chi connectivity index (χ1v) is 8.04. The van der Waals surface area contributed by atoms with Crippen molar-refractivity contribution in [1.29, 1.82) is 0 Å². The molecular weight excluding hydrogens is 314 g/mol. The molecule has 2 amide bonds. The maximum atomic E-state index is 12.5. The van der Waals surface area contributed by atoms with Crippen molar-refractivity contribution in [3.8, 4) is 5.75 Å². The van der Waals surface area contributed by atoms with Gasteiger partial charge < -0.3 is 15.4 Å². The number of rotatable bonds is 6. The molecule has 2 heterocycles. The van der Waals surface area contributed by atoms with Gasteiger partial charge in [0.2, 0.25) is 5.91 Å². The van der Waals surface area contributed by atoms with Gasteiger partial charge in [0, 0.05) is 12.3 Å². The van der Waals surface area contributed by atoms with Gasteiger partial charge in [0.1, 0.15) is 17.6 Å². The molecule has 0 fully saturated rings. The summed E-state index contributed by atoms with van der Waals surface area (Å²) in [4.78, 5) is 29.3. The van der Waals surface area contributed by atoms with E-state index in [9.17, 15) is 9.59 Å². The highest BCUT2D eigenvalue weighted by atomic mass is 32.1. The Morgan fingerprint density at radius 1 is 1.30 bits per heavy atom. The van der Waals surface area contributed by atoms with Crippen molar-refractivity contribution >= 4 is 29.0 Å². The molecule has 6 nitrogen and oxygen atoms in total. The number of thiophene rings is 1. The number of nitrogens with zero attached hydrogens (tertiary/aromatic N) is 1. The van der Waals surface area contributed by atoms with Gasteiger partial charge in [-0.2, -0.15) is 0 Å². The van der Waals surface area contributed by atoms with Crippen molar-refractivity contribution in [2.45, 2.75) is 19.9 Å². The van der Waals surface area contributed by atoms with Crippen LogP contribution in [0.3, 0.4) is 0 Å². The molecule has 0 saturated carbocycles. The highest BCUT2D eigenvalue weighted by Crippen LogP contribution is 2.15. The zero-order valence-electron chi connectivity index (χ0n) is 13.2. The maximum Gasteiger partial charge on any atom is 0.262 e. The van der Waals surface area contributed by atoms with E-state index in [2.05, 4.69) is 15.6 Å². The van der Waals surface area contributed by atoms with Crippen LogP contribution in [-0.2, 0) is 4.79 Å². The number of nitrogens with one attached hydrogen (secondary N) is 2. The Bertz CT molecular complexity index is 671. The van der Waals surface area contributed by atoms with Gasteiger partial charge in [-0.05, 0) is 23.4 Å². The lowest BCUT2D eigenvalue weighted by Gasteiger charge is -2.21. The third kappa shape index (κ3) is 4.53. The fourth-order valence-corrected chi connectivity index (χ4v) is 2.59. The molecular formula is C16H19N3O3S. The van der Waals surface area contributed by atoms with Gasteiger partial charge in [-0.25, -0.2) is 4.98 Å². The van der Waals surface area contributed by atoms with Gasteiger partial charge in [0.25, 0.3) is 5.91 Å². The van der Waals surface area contributed by atoms with Gasteiger partial charge >= 0.3 is 0 Å². The number of hydrogen-bond donors (Lipinski definition) is 2. The number of amides is 2. The van der Waals surface area contributed by atoms with Crippen LogP contribution < -0.4 is 15.4 Å². The van der Waals surface area contributed by atoms with Gasteiger partial charge in [-0.3, -0.25) is 9.59 Å². The molecule has 7 heteroatoms. The van der Waals surface area contributed by atoms with Crippen LogP contribution in [0, 0.1) is 5.92 Å². The van der Waals surface area contributed by atoms with Crippen molar-refractivity contribution < 1.29 is 14.3 Å². The number of hydrogen-bond acceptors (Lipinski definition) is 5. The Kier molecular flexibility index (Phi) is 5.70. The molecule has 0 unspecified atom stereocenters. The minimum Gasteiger partial charge on any atom is -0.497 e. The fraction of sp³-hybridized carbons (Fsp3) is 0.312. The summed E-state index contributed by atoms with van der Waals surface area (Å²) < 4.78 is 5.10. The molecule has 0 bridgehead atoms. The zero-order valence-corrected chi connectivity index (χ0v) is 14.0. The predicted molar refractivity (Wildman–Crippen MR) is 89.8 cm³/mol. The van der Waals surface area contributed by atoms with E-state index in [0.717, 1.165) is 0 Å². The number of carbonyl (C=O) groups excluding carboxylic acids is 2. The molecule has 0 radical (unpaired) electrons. The SMILES string of the molecule is COc1ccnc(NC(=O)[C@@H](NC(=O)c2cccs2)C(C)C)c1.